The van der Waals surface area contributed by atoms with Gasteiger partial charge in [-0.1, -0.05) is 19.9 Å². The third-order valence-corrected chi connectivity index (χ3v) is 5.32. The van der Waals surface area contributed by atoms with Crippen LogP contribution in [0.4, 0.5) is 16.2 Å². The molecule has 0 radical (unpaired) electrons. The van der Waals surface area contributed by atoms with Crippen LogP contribution in [0.3, 0.4) is 0 Å². The van der Waals surface area contributed by atoms with Gasteiger partial charge < -0.3 is 20.4 Å². The maximum absolute atomic E-state index is 12.4. The second-order valence-electron chi connectivity index (χ2n) is 7.03. The van der Waals surface area contributed by atoms with Gasteiger partial charge in [0, 0.05) is 44.1 Å². The number of amides is 3. The summed E-state index contributed by atoms with van der Waals surface area (Å²) in [4.78, 5) is 29.2. The molecule has 1 aromatic heterocycles. The molecular formula is C20H26N4O2S. The predicted molar refractivity (Wildman–Crippen MR) is 111 cm³/mol. The number of benzene rings is 1. The Bertz CT molecular complexity index is 751. The Labute approximate surface area is 164 Å². The molecule has 2 N–H and O–H groups in total. The molecular weight excluding hydrogens is 360 g/mol. The van der Waals surface area contributed by atoms with Gasteiger partial charge in [0.15, 0.2) is 0 Å². The van der Waals surface area contributed by atoms with Gasteiger partial charge in [-0.15, -0.1) is 11.3 Å². The van der Waals surface area contributed by atoms with Crippen molar-refractivity contribution in [2.45, 2.75) is 13.8 Å². The SMILES string of the molecule is CC(C)CNC(=O)Nc1ccc(N2CCN(C(=O)c3cccs3)CC2)cc1. The minimum atomic E-state index is -0.183. The number of urea groups is 1. The fraction of sp³-hybridized carbons (Fsp3) is 0.400. The highest BCUT2D eigenvalue weighted by Crippen LogP contribution is 2.21. The first-order valence-electron chi connectivity index (χ1n) is 9.25. The molecule has 0 atom stereocenters. The monoisotopic (exact) mass is 386 g/mol. The van der Waals surface area contributed by atoms with Gasteiger partial charge in [0.2, 0.25) is 0 Å². The predicted octanol–water partition coefficient (Wildman–Crippen LogP) is 3.49. The van der Waals surface area contributed by atoms with Gasteiger partial charge in [-0.25, -0.2) is 4.79 Å². The van der Waals surface area contributed by atoms with Crippen LogP contribution in [0.1, 0.15) is 23.5 Å². The van der Waals surface area contributed by atoms with Crippen LogP contribution < -0.4 is 15.5 Å². The molecule has 2 aromatic rings. The summed E-state index contributed by atoms with van der Waals surface area (Å²) in [7, 11) is 0. The van der Waals surface area contributed by atoms with Crippen molar-refractivity contribution in [1.29, 1.82) is 0 Å². The third kappa shape index (κ3) is 5.23. The molecule has 6 nitrogen and oxygen atoms in total. The average Bonchev–Trinajstić information content (AvgIpc) is 3.21. The van der Waals surface area contributed by atoms with E-state index in [4.69, 9.17) is 0 Å². The molecule has 27 heavy (non-hydrogen) atoms. The fourth-order valence-electron chi connectivity index (χ4n) is 2.95. The second-order valence-corrected chi connectivity index (χ2v) is 7.98. The van der Waals surface area contributed by atoms with E-state index >= 15 is 0 Å². The zero-order valence-electron chi connectivity index (χ0n) is 15.8. The van der Waals surface area contributed by atoms with Crippen molar-refractivity contribution < 1.29 is 9.59 Å². The molecule has 1 saturated heterocycles. The standard InChI is InChI=1S/C20H26N4O2S/c1-15(2)14-21-20(26)22-16-5-7-17(8-6-16)23-9-11-24(12-10-23)19(25)18-4-3-13-27-18/h3-8,13,15H,9-12,14H2,1-2H3,(H2,21,22,26). The molecule has 0 spiro atoms. The maximum atomic E-state index is 12.4. The van der Waals surface area contributed by atoms with Crippen LogP contribution >= 0.6 is 11.3 Å². The summed E-state index contributed by atoms with van der Waals surface area (Å²) in [6.07, 6.45) is 0. The van der Waals surface area contributed by atoms with Crippen molar-refractivity contribution in [3.63, 3.8) is 0 Å². The molecule has 144 valence electrons. The lowest BCUT2D eigenvalue weighted by Gasteiger charge is -2.36. The number of carbonyl (C=O) groups excluding carboxylic acids is 2. The number of piperazine rings is 1. The van der Waals surface area contributed by atoms with Crippen molar-refractivity contribution in [3.8, 4) is 0 Å². The van der Waals surface area contributed by atoms with Crippen molar-refractivity contribution >= 4 is 34.6 Å². The first kappa shape index (κ1) is 19.2. The highest BCUT2D eigenvalue weighted by atomic mass is 32.1. The topological polar surface area (TPSA) is 64.7 Å². The number of hydrogen-bond acceptors (Lipinski definition) is 4. The van der Waals surface area contributed by atoms with Crippen LogP contribution in [0, 0.1) is 5.92 Å². The number of hydrogen-bond donors (Lipinski definition) is 2. The molecule has 0 aliphatic carbocycles. The molecule has 1 aromatic carbocycles. The first-order chi connectivity index (χ1) is 13.0. The van der Waals surface area contributed by atoms with E-state index in [0.29, 0.717) is 25.6 Å². The summed E-state index contributed by atoms with van der Waals surface area (Å²) in [5.74, 6) is 0.542. The number of thiophene rings is 1. The second kappa shape index (κ2) is 8.90. The number of carbonyl (C=O) groups is 2. The Morgan fingerprint density at radius 1 is 1.07 bits per heavy atom. The smallest absolute Gasteiger partial charge is 0.319 e. The maximum Gasteiger partial charge on any atom is 0.319 e. The molecule has 3 rings (SSSR count). The zero-order valence-corrected chi connectivity index (χ0v) is 16.6. The van der Waals surface area contributed by atoms with Crippen LogP contribution in [0.2, 0.25) is 0 Å². The number of nitrogens with zero attached hydrogens (tertiary/aromatic N) is 2. The van der Waals surface area contributed by atoms with Crippen LogP contribution in [0.5, 0.6) is 0 Å². The van der Waals surface area contributed by atoms with Gasteiger partial charge in [0.05, 0.1) is 4.88 Å². The van der Waals surface area contributed by atoms with Crippen LogP contribution in [-0.2, 0) is 0 Å². The minimum Gasteiger partial charge on any atom is -0.368 e. The van der Waals surface area contributed by atoms with E-state index in [9.17, 15) is 9.59 Å². The van der Waals surface area contributed by atoms with Gasteiger partial charge in [0.1, 0.15) is 0 Å². The molecule has 0 bridgehead atoms. The largest absolute Gasteiger partial charge is 0.368 e. The highest BCUT2D eigenvalue weighted by molar-refractivity contribution is 7.12. The van der Waals surface area contributed by atoms with Gasteiger partial charge in [-0.05, 0) is 41.6 Å². The quantitative estimate of drug-likeness (QED) is 0.827. The van der Waals surface area contributed by atoms with Crippen molar-refractivity contribution in [1.82, 2.24) is 10.2 Å². The Hall–Kier alpha value is -2.54. The Balaban J connectivity index is 1.50. The summed E-state index contributed by atoms with van der Waals surface area (Å²) in [6.45, 7) is 7.81. The third-order valence-electron chi connectivity index (χ3n) is 4.46. The van der Waals surface area contributed by atoms with E-state index in [1.807, 2.05) is 46.7 Å². The van der Waals surface area contributed by atoms with Crippen LogP contribution in [-0.4, -0.2) is 49.6 Å². The van der Waals surface area contributed by atoms with E-state index in [1.165, 1.54) is 11.3 Å². The summed E-state index contributed by atoms with van der Waals surface area (Å²) >= 11 is 1.49. The summed E-state index contributed by atoms with van der Waals surface area (Å²) < 4.78 is 0. The number of rotatable bonds is 5. The average molecular weight is 387 g/mol. The van der Waals surface area contributed by atoms with Crippen molar-refractivity contribution in [2.24, 2.45) is 5.92 Å². The number of anilines is 2. The summed E-state index contributed by atoms with van der Waals surface area (Å²) in [6, 6.07) is 11.4. The lowest BCUT2D eigenvalue weighted by Crippen LogP contribution is -2.48. The van der Waals surface area contributed by atoms with E-state index in [0.717, 1.165) is 29.3 Å². The fourth-order valence-corrected chi connectivity index (χ4v) is 3.64. The Morgan fingerprint density at radius 2 is 1.78 bits per heavy atom. The molecule has 2 heterocycles. The molecule has 0 unspecified atom stereocenters. The molecule has 1 fully saturated rings. The van der Waals surface area contributed by atoms with Crippen LogP contribution in [0.25, 0.3) is 0 Å². The summed E-state index contributed by atoms with van der Waals surface area (Å²) in [5, 5.41) is 7.62. The van der Waals surface area contributed by atoms with E-state index in [1.54, 1.807) is 0 Å². The molecule has 3 amide bonds. The van der Waals surface area contributed by atoms with Crippen LogP contribution in [0.15, 0.2) is 41.8 Å². The number of nitrogens with one attached hydrogen (secondary N) is 2. The van der Waals surface area contributed by atoms with Gasteiger partial charge in [-0.3, -0.25) is 4.79 Å². The molecule has 1 aliphatic heterocycles. The Kier molecular flexibility index (Phi) is 6.34. The van der Waals surface area contributed by atoms with E-state index in [2.05, 4.69) is 29.4 Å². The zero-order chi connectivity index (χ0) is 19.2. The van der Waals surface area contributed by atoms with Gasteiger partial charge in [-0.2, -0.15) is 0 Å². The van der Waals surface area contributed by atoms with E-state index < -0.39 is 0 Å². The van der Waals surface area contributed by atoms with Crippen molar-refractivity contribution in [3.05, 3.63) is 46.7 Å². The molecule has 7 heteroatoms. The highest BCUT2D eigenvalue weighted by Gasteiger charge is 2.22. The van der Waals surface area contributed by atoms with E-state index in [-0.39, 0.29) is 11.9 Å². The first-order valence-corrected chi connectivity index (χ1v) is 10.1. The lowest BCUT2D eigenvalue weighted by atomic mass is 10.2. The van der Waals surface area contributed by atoms with Gasteiger partial charge in [0.25, 0.3) is 5.91 Å². The minimum absolute atomic E-state index is 0.122. The van der Waals surface area contributed by atoms with Crippen molar-refractivity contribution in [2.75, 3.05) is 42.9 Å². The lowest BCUT2D eigenvalue weighted by molar-refractivity contribution is 0.0751. The van der Waals surface area contributed by atoms with Gasteiger partial charge >= 0.3 is 6.03 Å². The normalized spacial score (nSPS) is 14.3. The molecule has 1 aliphatic rings. The molecule has 0 saturated carbocycles. The Morgan fingerprint density at radius 3 is 2.37 bits per heavy atom. The summed E-state index contributed by atoms with van der Waals surface area (Å²) in [5.41, 5.74) is 1.87.